The molecule has 130 valence electrons. The molecule has 2 aromatic rings. The maximum atomic E-state index is 5.92. The molecule has 6 heteroatoms. The lowest BCUT2D eigenvalue weighted by atomic mass is 10.1. The molecule has 0 saturated carbocycles. The number of benzene rings is 1. The first-order valence-corrected chi connectivity index (χ1v) is 7.85. The predicted molar refractivity (Wildman–Crippen MR) is 109 cm³/mol. The highest BCUT2D eigenvalue weighted by molar-refractivity contribution is 14.0. The van der Waals surface area contributed by atoms with E-state index in [0.29, 0.717) is 25.7 Å². The quantitative estimate of drug-likeness (QED) is 0.395. The Hall–Kier alpha value is -1.83. The molecule has 0 fully saturated rings. The first-order valence-electron chi connectivity index (χ1n) is 7.85. The molecular formula is C18H25IN4O. The van der Waals surface area contributed by atoms with Gasteiger partial charge in [-0.05, 0) is 37.6 Å². The second kappa shape index (κ2) is 10.9. The highest BCUT2D eigenvalue weighted by atomic mass is 127. The fourth-order valence-corrected chi connectivity index (χ4v) is 2.17. The van der Waals surface area contributed by atoms with Crippen molar-refractivity contribution >= 4 is 29.9 Å². The second-order valence-electron chi connectivity index (χ2n) is 5.24. The Balaban J connectivity index is 0.00000288. The van der Waals surface area contributed by atoms with Crippen molar-refractivity contribution in [3.63, 3.8) is 0 Å². The summed E-state index contributed by atoms with van der Waals surface area (Å²) in [5.74, 6) is 1.31. The number of hydrogen-bond acceptors (Lipinski definition) is 3. The van der Waals surface area contributed by atoms with Crippen LogP contribution in [0.1, 0.15) is 23.7 Å². The predicted octanol–water partition coefficient (Wildman–Crippen LogP) is 3.05. The number of rotatable bonds is 7. The molecule has 3 N–H and O–H groups in total. The van der Waals surface area contributed by atoms with Crippen LogP contribution in [0.3, 0.4) is 0 Å². The van der Waals surface area contributed by atoms with Gasteiger partial charge in [-0.2, -0.15) is 0 Å². The summed E-state index contributed by atoms with van der Waals surface area (Å²) < 4.78 is 5.65. The maximum Gasteiger partial charge on any atom is 0.188 e. The van der Waals surface area contributed by atoms with Crippen molar-refractivity contribution < 1.29 is 4.74 Å². The van der Waals surface area contributed by atoms with Gasteiger partial charge in [-0.1, -0.05) is 18.2 Å². The Morgan fingerprint density at radius 3 is 2.83 bits per heavy atom. The van der Waals surface area contributed by atoms with E-state index in [1.54, 1.807) is 6.20 Å². The first-order chi connectivity index (χ1) is 11.2. The summed E-state index contributed by atoms with van der Waals surface area (Å²) in [4.78, 5) is 8.65. The van der Waals surface area contributed by atoms with E-state index in [2.05, 4.69) is 21.4 Å². The van der Waals surface area contributed by atoms with E-state index in [0.717, 1.165) is 23.4 Å². The monoisotopic (exact) mass is 440 g/mol. The summed E-state index contributed by atoms with van der Waals surface area (Å²) in [7, 11) is 0. The number of pyridine rings is 1. The maximum absolute atomic E-state index is 5.92. The molecule has 0 radical (unpaired) electrons. The molecule has 24 heavy (non-hydrogen) atoms. The zero-order valence-corrected chi connectivity index (χ0v) is 16.5. The van der Waals surface area contributed by atoms with Gasteiger partial charge < -0.3 is 15.8 Å². The van der Waals surface area contributed by atoms with Gasteiger partial charge in [0.1, 0.15) is 5.75 Å². The number of nitrogens with one attached hydrogen (secondary N) is 1. The molecule has 1 aromatic carbocycles. The van der Waals surface area contributed by atoms with Gasteiger partial charge in [0.15, 0.2) is 5.96 Å². The third kappa shape index (κ3) is 6.74. The minimum Gasteiger partial charge on any atom is -0.494 e. The normalized spacial score (nSPS) is 10.8. The standard InChI is InChI=1S/C18H24N4O.HI/c1-3-23-17-12-14(2)7-8-15(17)13-22-18(19)21-11-9-16-6-4-5-10-20-16;/h4-8,10,12H,3,9,11,13H2,1-2H3,(H3,19,21,22);1H. The molecule has 1 aromatic heterocycles. The molecule has 0 aliphatic carbocycles. The topological polar surface area (TPSA) is 72.5 Å². The van der Waals surface area contributed by atoms with Crippen molar-refractivity contribution in [1.82, 2.24) is 10.3 Å². The van der Waals surface area contributed by atoms with Crippen LogP contribution in [0.15, 0.2) is 47.6 Å². The summed E-state index contributed by atoms with van der Waals surface area (Å²) in [6.07, 6.45) is 2.60. The molecule has 0 saturated heterocycles. The van der Waals surface area contributed by atoms with Gasteiger partial charge in [0, 0.05) is 30.4 Å². The Morgan fingerprint density at radius 1 is 1.29 bits per heavy atom. The summed E-state index contributed by atoms with van der Waals surface area (Å²) in [6.45, 7) is 5.86. The van der Waals surface area contributed by atoms with Crippen LogP contribution in [0.4, 0.5) is 0 Å². The first kappa shape index (κ1) is 20.2. The summed E-state index contributed by atoms with van der Waals surface area (Å²) >= 11 is 0. The fourth-order valence-electron chi connectivity index (χ4n) is 2.17. The number of ether oxygens (including phenoxy) is 1. The number of hydrogen-bond donors (Lipinski definition) is 2. The van der Waals surface area contributed by atoms with Gasteiger partial charge in [-0.25, -0.2) is 4.99 Å². The molecule has 0 aliphatic heterocycles. The average molecular weight is 440 g/mol. The third-order valence-electron chi connectivity index (χ3n) is 3.36. The van der Waals surface area contributed by atoms with Crippen molar-refractivity contribution in [2.45, 2.75) is 26.8 Å². The molecule has 0 unspecified atom stereocenters. The lowest BCUT2D eigenvalue weighted by Crippen LogP contribution is -2.33. The van der Waals surface area contributed by atoms with Crippen LogP contribution in [0.2, 0.25) is 0 Å². The minimum atomic E-state index is 0. The zero-order chi connectivity index (χ0) is 16.5. The second-order valence-corrected chi connectivity index (χ2v) is 5.24. The molecule has 0 bridgehead atoms. The van der Waals surface area contributed by atoms with E-state index in [-0.39, 0.29) is 24.0 Å². The molecular weight excluding hydrogens is 415 g/mol. The van der Waals surface area contributed by atoms with E-state index in [1.165, 1.54) is 5.56 Å². The number of aromatic nitrogens is 1. The van der Waals surface area contributed by atoms with Crippen LogP contribution in [0, 0.1) is 6.92 Å². The van der Waals surface area contributed by atoms with E-state index in [4.69, 9.17) is 10.5 Å². The van der Waals surface area contributed by atoms with Gasteiger partial charge in [0.2, 0.25) is 0 Å². The van der Waals surface area contributed by atoms with Crippen molar-refractivity contribution in [2.75, 3.05) is 13.2 Å². The van der Waals surface area contributed by atoms with E-state index in [1.807, 2.05) is 44.2 Å². The van der Waals surface area contributed by atoms with Gasteiger partial charge in [-0.15, -0.1) is 24.0 Å². The lowest BCUT2D eigenvalue weighted by molar-refractivity contribution is 0.336. The minimum absolute atomic E-state index is 0. The highest BCUT2D eigenvalue weighted by Gasteiger charge is 2.03. The molecule has 0 amide bonds. The SMILES string of the molecule is CCOc1cc(C)ccc1CN=C(N)NCCc1ccccn1.I. The average Bonchev–Trinajstić information content (AvgIpc) is 2.55. The largest absolute Gasteiger partial charge is 0.494 e. The smallest absolute Gasteiger partial charge is 0.188 e. The number of nitrogens with two attached hydrogens (primary N) is 1. The fraction of sp³-hybridized carbons (Fsp3) is 0.333. The summed E-state index contributed by atoms with van der Waals surface area (Å²) in [6, 6.07) is 12.0. The molecule has 2 rings (SSSR count). The van der Waals surface area contributed by atoms with Crippen molar-refractivity contribution in [2.24, 2.45) is 10.7 Å². The van der Waals surface area contributed by atoms with Crippen molar-refractivity contribution in [3.8, 4) is 5.75 Å². The van der Waals surface area contributed by atoms with Crippen LogP contribution in [-0.4, -0.2) is 24.1 Å². The Morgan fingerprint density at radius 2 is 2.12 bits per heavy atom. The number of guanidine groups is 1. The Labute approximate surface area is 160 Å². The van der Waals surface area contributed by atoms with E-state index < -0.39 is 0 Å². The number of aryl methyl sites for hydroxylation is 1. The Bertz CT molecular complexity index is 647. The highest BCUT2D eigenvalue weighted by Crippen LogP contribution is 2.21. The van der Waals surface area contributed by atoms with Crippen LogP contribution < -0.4 is 15.8 Å². The van der Waals surface area contributed by atoms with Gasteiger partial charge in [0.25, 0.3) is 0 Å². The summed E-state index contributed by atoms with van der Waals surface area (Å²) in [5, 5.41) is 3.11. The van der Waals surface area contributed by atoms with Crippen molar-refractivity contribution in [1.29, 1.82) is 0 Å². The third-order valence-corrected chi connectivity index (χ3v) is 3.36. The van der Waals surface area contributed by atoms with E-state index in [9.17, 15) is 0 Å². The van der Waals surface area contributed by atoms with Crippen LogP contribution in [0.25, 0.3) is 0 Å². The molecule has 0 atom stereocenters. The summed E-state index contributed by atoms with van der Waals surface area (Å²) in [5.41, 5.74) is 9.15. The molecule has 0 aliphatic rings. The number of nitrogens with zero attached hydrogens (tertiary/aromatic N) is 2. The van der Waals surface area contributed by atoms with E-state index >= 15 is 0 Å². The van der Waals surface area contributed by atoms with Crippen LogP contribution in [0.5, 0.6) is 5.75 Å². The lowest BCUT2D eigenvalue weighted by Gasteiger charge is -2.10. The van der Waals surface area contributed by atoms with Gasteiger partial charge in [0.05, 0.1) is 13.2 Å². The van der Waals surface area contributed by atoms with Crippen molar-refractivity contribution in [3.05, 3.63) is 59.4 Å². The van der Waals surface area contributed by atoms with Crippen LogP contribution in [-0.2, 0) is 13.0 Å². The van der Waals surface area contributed by atoms with Gasteiger partial charge in [-0.3, -0.25) is 4.98 Å². The number of aliphatic imine (C=N–C) groups is 1. The van der Waals surface area contributed by atoms with Crippen LogP contribution >= 0.6 is 24.0 Å². The Kier molecular flexibility index (Phi) is 9.14. The van der Waals surface area contributed by atoms with Gasteiger partial charge >= 0.3 is 0 Å². The zero-order valence-electron chi connectivity index (χ0n) is 14.2. The molecule has 5 nitrogen and oxygen atoms in total. The molecule has 0 spiro atoms. The number of halogens is 1. The molecule has 1 heterocycles.